The molecule has 3 rings (SSSR count). The Bertz CT molecular complexity index is 816. The van der Waals surface area contributed by atoms with E-state index in [-0.39, 0.29) is 0 Å². The Morgan fingerprint density at radius 2 is 2.05 bits per heavy atom. The molecule has 1 aromatic carbocycles. The van der Waals surface area contributed by atoms with Crippen LogP contribution in [0, 0.1) is 25.2 Å². The highest BCUT2D eigenvalue weighted by molar-refractivity contribution is 5.82. The summed E-state index contributed by atoms with van der Waals surface area (Å²) >= 11 is 0. The summed E-state index contributed by atoms with van der Waals surface area (Å²) in [6.07, 6.45) is 0. The quantitative estimate of drug-likeness (QED) is 0.722. The van der Waals surface area contributed by atoms with Crippen LogP contribution in [-0.2, 0) is 7.05 Å². The zero-order chi connectivity index (χ0) is 13.6. The van der Waals surface area contributed by atoms with Gasteiger partial charge in [0.25, 0.3) is 0 Å². The Morgan fingerprint density at radius 1 is 1.26 bits per heavy atom. The van der Waals surface area contributed by atoms with Crippen LogP contribution in [0.1, 0.15) is 17.3 Å². The monoisotopic (exact) mass is 251 g/mol. The minimum Gasteiger partial charge on any atom is -0.342 e. The first-order valence-electron chi connectivity index (χ1n) is 6.00. The predicted molar refractivity (Wildman–Crippen MR) is 72.5 cm³/mol. The topological polar surface area (TPSA) is 70.3 Å². The number of imidazole rings is 2. The Balaban J connectivity index is 2.27. The van der Waals surface area contributed by atoms with Crippen LogP contribution < -0.4 is 0 Å². The summed E-state index contributed by atoms with van der Waals surface area (Å²) in [5.74, 6) is 1.71. The number of benzene rings is 1. The van der Waals surface area contributed by atoms with E-state index in [1.54, 1.807) is 0 Å². The molecule has 0 bridgehead atoms. The normalized spacial score (nSPS) is 10.8. The van der Waals surface area contributed by atoms with E-state index in [0.717, 1.165) is 33.9 Å². The predicted octanol–water partition coefficient (Wildman–Crippen LogP) is 2.45. The van der Waals surface area contributed by atoms with Crippen molar-refractivity contribution in [2.24, 2.45) is 7.05 Å². The fourth-order valence-electron chi connectivity index (χ4n) is 2.30. The number of aromatic amines is 1. The third-order valence-electron chi connectivity index (χ3n) is 3.30. The van der Waals surface area contributed by atoms with Crippen molar-refractivity contribution >= 4 is 11.0 Å². The zero-order valence-electron chi connectivity index (χ0n) is 11.0. The van der Waals surface area contributed by atoms with Crippen LogP contribution in [0.15, 0.2) is 18.2 Å². The zero-order valence-corrected chi connectivity index (χ0v) is 11.0. The molecule has 19 heavy (non-hydrogen) atoms. The van der Waals surface area contributed by atoms with Crippen LogP contribution in [0.5, 0.6) is 0 Å². The SMILES string of the molecule is Cc1nc2ccc(-c3c(C#N)nc(C)n3C)cc2[nH]1. The number of aryl methyl sites for hydroxylation is 2. The highest BCUT2D eigenvalue weighted by Crippen LogP contribution is 2.26. The molecule has 0 radical (unpaired) electrons. The van der Waals surface area contributed by atoms with Gasteiger partial charge in [-0.05, 0) is 26.0 Å². The average Bonchev–Trinajstić information content (AvgIpc) is 2.88. The van der Waals surface area contributed by atoms with Crippen molar-refractivity contribution in [1.82, 2.24) is 19.5 Å². The molecular weight excluding hydrogens is 238 g/mol. The maximum atomic E-state index is 9.19. The highest BCUT2D eigenvalue weighted by Gasteiger charge is 2.14. The second-order valence-electron chi connectivity index (χ2n) is 4.58. The molecule has 0 saturated carbocycles. The van der Waals surface area contributed by atoms with Gasteiger partial charge >= 0.3 is 0 Å². The molecule has 0 aliphatic heterocycles. The summed E-state index contributed by atoms with van der Waals surface area (Å²) in [5.41, 5.74) is 4.16. The number of rotatable bonds is 1. The van der Waals surface area contributed by atoms with Crippen LogP contribution in [0.2, 0.25) is 0 Å². The van der Waals surface area contributed by atoms with Gasteiger partial charge in [0.15, 0.2) is 5.69 Å². The third kappa shape index (κ3) is 1.69. The number of nitrogens with one attached hydrogen (secondary N) is 1. The van der Waals surface area contributed by atoms with E-state index in [9.17, 15) is 5.26 Å². The number of hydrogen-bond acceptors (Lipinski definition) is 3. The second-order valence-corrected chi connectivity index (χ2v) is 4.58. The fourth-order valence-corrected chi connectivity index (χ4v) is 2.30. The van der Waals surface area contributed by atoms with Gasteiger partial charge < -0.3 is 9.55 Å². The van der Waals surface area contributed by atoms with Crippen molar-refractivity contribution in [3.63, 3.8) is 0 Å². The van der Waals surface area contributed by atoms with Crippen LogP contribution in [0.3, 0.4) is 0 Å². The Morgan fingerprint density at radius 3 is 2.79 bits per heavy atom. The molecule has 3 aromatic rings. The van der Waals surface area contributed by atoms with Gasteiger partial charge in [-0.3, -0.25) is 0 Å². The molecule has 0 saturated heterocycles. The minimum atomic E-state index is 0.454. The summed E-state index contributed by atoms with van der Waals surface area (Å²) < 4.78 is 1.93. The molecule has 5 nitrogen and oxygen atoms in total. The highest BCUT2D eigenvalue weighted by atomic mass is 15.1. The molecule has 2 heterocycles. The number of nitriles is 1. The van der Waals surface area contributed by atoms with Gasteiger partial charge in [-0.25, -0.2) is 9.97 Å². The van der Waals surface area contributed by atoms with Gasteiger partial charge in [-0.2, -0.15) is 5.26 Å². The molecular formula is C14H13N5. The molecule has 0 spiro atoms. The molecule has 5 heteroatoms. The minimum absolute atomic E-state index is 0.454. The van der Waals surface area contributed by atoms with E-state index in [1.165, 1.54) is 0 Å². The van der Waals surface area contributed by atoms with Gasteiger partial charge in [0.1, 0.15) is 17.7 Å². The first-order valence-corrected chi connectivity index (χ1v) is 6.00. The summed E-state index contributed by atoms with van der Waals surface area (Å²) in [4.78, 5) is 11.9. The lowest BCUT2D eigenvalue weighted by atomic mass is 10.1. The van der Waals surface area contributed by atoms with E-state index >= 15 is 0 Å². The molecule has 0 amide bonds. The van der Waals surface area contributed by atoms with Crippen LogP contribution in [0.4, 0.5) is 0 Å². The van der Waals surface area contributed by atoms with Crippen LogP contribution in [-0.4, -0.2) is 19.5 Å². The summed E-state index contributed by atoms with van der Waals surface area (Å²) in [5, 5.41) is 9.19. The van der Waals surface area contributed by atoms with E-state index in [4.69, 9.17) is 0 Å². The number of hydrogen-bond donors (Lipinski definition) is 1. The fraction of sp³-hybridized carbons (Fsp3) is 0.214. The van der Waals surface area contributed by atoms with Crippen LogP contribution in [0.25, 0.3) is 22.3 Å². The largest absolute Gasteiger partial charge is 0.342 e. The molecule has 0 unspecified atom stereocenters. The van der Waals surface area contributed by atoms with Gasteiger partial charge in [0.2, 0.25) is 0 Å². The molecule has 0 aliphatic carbocycles. The van der Waals surface area contributed by atoms with Crippen molar-refractivity contribution < 1.29 is 0 Å². The Kier molecular flexibility index (Phi) is 2.39. The van der Waals surface area contributed by atoms with Crippen molar-refractivity contribution in [3.05, 3.63) is 35.5 Å². The van der Waals surface area contributed by atoms with Crippen molar-refractivity contribution in [2.75, 3.05) is 0 Å². The molecule has 0 atom stereocenters. The third-order valence-corrected chi connectivity index (χ3v) is 3.30. The Labute approximate surface area is 110 Å². The molecule has 94 valence electrons. The van der Waals surface area contributed by atoms with Gasteiger partial charge in [-0.15, -0.1) is 0 Å². The first-order chi connectivity index (χ1) is 9.10. The van der Waals surface area contributed by atoms with E-state index in [1.807, 2.05) is 43.7 Å². The number of fused-ring (bicyclic) bond motifs is 1. The first kappa shape index (κ1) is 11.5. The summed E-state index contributed by atoms with van der Waals surface area (Å²) in [6.45, 7) is 3.82. The molecule has 2 aromatic heterocycles. The number of aromatic nitrogens is 4. The lowest BCUT2D eigenvalue weighted by Crippen LogP contribution is -1.95. The second kappa shape index (κ2) is 3.95. The number of nitrogens with zero attached hydrogens (tertiary/aromatic N) is 4. The maximum Gasteiger partial charge on any atom is 0.166 e. The van der Waals surface area contributed by atoms with Crippen molar-refractivity contribution in [3.8, 4) is 17.3 Å². The standard InChI is InChI=1S/C14H13N5/c1-8-16-11-5-4-10(6-12(11)17-8)14-13(7-15)18-9(2)19(14)3/h4-6H,1-3H3,(H,16,17). The van der Waals surface area contributed by atoms with Crippen molar-refractivity contribution in [1.29, 1.82) is 5.26 Å². The lowest BCUT2D eigenvalue weighted by Gasteiger charge is -2.04. The van der Waals surface area contributed by atoms with Gasteiger partial charge in [0.05, 0.1) is 16.7 Å². The Hall–Kier alpha value is -2.61. The number of H-pyrrole nitrogens is 1. The van der Waals surface area contributed by atoms with Gasteiger partial charge in [0, 0.05) is 12.6 Å². The molecule has 0 fully saturated rings. The van der Waals surface area contributed by atoms with Crippen molar-refractivity contribution in [2.45, 2.75) is 13.8 Å². The average molecular weight is 251 g/mol. The van der Waals surface area contributed by atoms with E-state index in [0.29, 0.717) is 5.69 Å². The molecule has 1 N–H and O–H groups in total. The summed E-state index contributed by atoms with van der Waals surface area (Å²) in [7, 11) is 1.92. The van der Waals surface area contributed by atoms with E-state index in [2.05, 4.69) is 21.0 Å². The smallest absolute Gasteiger partial charge is 0.166 e. The lowest BCUT2D eigenvalue weighted by molar-refractivity contribution is 0.865. The van der Waals surface area contributed by atoms with Crippen LogP contribution >= 0.6 is 0 Å². The van der Waals surface area contributed by atoms with Gasteiger partial charge in [-0.1, -0.05) is 6.07 Å². The maximum absolute atomic E-state index is 9.19. The summed E-state index contributed by atoms with van der Waals surface area (Å²) in [6, 6.07) is 8.09. The molecule has 0 aliphatic rings. The van der Waals surface area contributed by atoms with E-state index < -0.39 is 0 Å².